The molecule has 0 N–H and O–H groups in total. The number of rotatable bonds is 4. The highest BCUT2D eigenvalue weighted by Gasteiger charge is 2.30. The van der Waals surface area contributed by atoms with E-state index < -0.39 is 0 Å². The largest absolute Gasteiger partial charge is 0.337 e. The molecule has 1 saturated heterocycles. The number of Topliss-reactive ketones (excluding diaryl/α,β-unsaturated/α-hetero) is 2. The summed E-state index contributed by atoms with van der Waals surface area (Å²) in [5, 5.41) is 0.593. The van der Waals surface area contributed by atoms with Crippen LogP contribution in [-0.2, 0) is 0 Å². The van der Waals surface area contributed by atoms with E-state index in [1.807, 2.05) is 0 Å². The Morgan fingerprint density at radius 1 is 1.08 bits per heavy atom. The van der Waals surface area contributed by atoms with Crippen molar-refractivity contribution in [3.05, 3.63) is 56.7 Å². The van der Waals surface area contributed by atoms with Gasteiger partial charge in [-0.1, -0.05) is 11.6 Å². The molecular weight excluding hydrogens is 358 g/mol. The number of benzene rings is 1. The Labute approximate surface area is 155 Å². The third-order valence-electron chi connectivity index (χ3n) is 4.37. The van der Waals surface area contributed by atoms with Crippen molar-refractivity contribution in [3.63, 3.8) is 0 Å². The van der Waals surface area contributed by atoms with E-state index in [1.165, 1.54) is 18.3 Å². The Balaban J connectivity index is 1.71. The first-order valence-corrected chi connectivity index (χ1v) is 9.35. The minimum Gasteiger partial charge on any atom is -0.337 e. The van der Waals surface area contributed by atoms with E-state index in [0.717, 1.165) is 12.8 Å². The molecule has 0 aliphatic carbocycles. The topological polar surface area (TPSA) is 54.5 Å². The zero-order valence-corrected chi connectivity index (χ0v) is 15.4. The third-order valence-corrected chi connectivity index (χ3v) is 5.80. The van der Waals surface area contributed by atoms with Crippen LogP contribution in [-0.4, -0.2) is 35.5 Å². The van der Waals surface area contributed by atoms with Crippen LogP contribution in [0.2, 0.25) is 5.02 Å². The number of carbonyl (C=O) groups excluding carboxylic acids is 3. The summed E-state index contributed by atoms with van der Waals surface area (Å²) < 4.78 is 0. The molecule has 0 spiro atoms. The monoisotopic (exact) mass is 375 g/mol. The summed E-state index contributed by atoms with van der Waals surface area (Å²) in [5.41, 5.74) is 0.624. The first kappa shape index (κ1) is 17.8. The highest BCUT2D eigenvalue weighted by atomic mass is 35.5. The molecule has 0 bridgehead atoms. The maximum atomic E-state index is 12.7. The third kappa shape index (κ3) is 3.99. The average molecular weight is 376 g/mol. The van der Waals surface area contributed by atoms with Gasteiger partial charge in [-0.05, 0) is 56.2 Å². The molecule has 0 saturated carbocycles. The van der Waals surface area contributed by atoms with Crippen molar-refractivity contribution in [3.8, 4) is 0 Å². The second kappa shape index (κ2) is 7.50. The summed E-state index contributed by atoms with van der Waals surface area (Å²) >= 11 is 7.08. The molecule has 2 aromatic rings. The summed E-state index contributed by atoms with van der Waals surface area (Å²) in [6.45, 7) is 2.53. The summed E-state index contributed by atoms with van der Waals surface area (Å²) in [7, 11) is 0. The lowest BCUT2D eigenvalue weighted by molar-refractivity contribution is 0.0640. The second-order valence-corrected chi connectivity index (χ2v) is 7.70. The zero-order chi connectivity index (χ0) is 18.0. The van der Waals surface area contributed by atoms with Gasteiger partial charge in [-0.15, -0.1) is 11.3 Å². The molecule has 0 radical (unpaired) electrons. The minimum absolute atomic E-state index is 0.0431. The second-order valence-electron chi connectivity index (χ2n) is 6.18. The molecule has 3 rings (SSSR count). The fourth-order valence-corrected chi connectivity index (χ4v) is 4.02. The Hall–Kier alpha value is -1.98. The molecule has 2 heterocycles. The standard InChI is InChI=1S/C19H18ClNO3S/c1-12(22)16-8-9-17(25-16)19(24)21-10-2-3-14(11-21)18(23)13-4-6-15(20)7-5-13/h4-9,14H,2-3,10-11H2,1H3/t14-/m0/s1. The lowest BCUT2D eigenvalue weighted by atomic mass is 9.90. The Kier molecular flexibility index (Phi) is 5.35. The Bertz CT molecular complexity index is 812. The molecule has 1 aromatic carbocycles. The number of likely N-dealkylation sites (tertiary alicyclic amines) is 1. The summed E-state index contributed by atoms with van der Waals surface area (Å²) in [4.78, 5) is 39.6. The van der Waals surface area contributed by atoms with Gasteiger partial charge >= 0.3 is 0 Å². The number of amides is 1. The number of halogens is 1. The van der Waals surface area contributed by atoms with Crippen molar-refractivity contribution >= 4 is 40.4 Å². The molecule has 1 atom stereocenters. The number of carbonyl (C=O) groups is 3. The van der Waals surface area contributed by atoms with Gasteiger partial charge < -0.3 is 4.90 Å². The average Bonchev–Trinajstić information content (AvgIpc) is 3.12. The van der Waals surface area contributed by atoms with E-state index in [4.69, 9.17) is 11.6 Å². The van der Waals surface area contributed by atoms with Gasteiger partial charge in [0.05, 0.1) is 9.75 Å². The maximum absolute atomic E-state index is 12.7. The van der Waals surface area contributed by atoms with Crippen molar-refractivity contribution in [2.45, 2.75) is 19.8 Å². The SMILES string of the molecule is CC(=O)c1ccc(C(=O)N2CCC[C@H](C(=O)c3ccc(Cl)cc3)C2)s1. The van der Waals surface area contributed by atoms with E-state index >= 15 is 0 Å². The quantitative estimate of drug-likeness (QED) is 0.747. The van der Waals surface area contributed by atoms with Crippen molar-refractivity contribution in [1.29, 1.82) is 0 Å². The first-order valence-electron chi connectivity index (χ1n) is 8.15. The van der Waals surface area contributed by atoms with Crippen LogP contribution < -0.4 is 0 Å². The number of piperidine rings is 1. The van der Waals surface area contributed by atoms with Gasteiger partial charge in [-0.2, -0.15) is 0 Å². The van der Waals surface area contributed by atoms with Gasteiger partial charge in [0.1, 0.15) is 0 Å². The maximum Gasteiger partial charge on any atom is 0.263 e. The van der Waals surface area contributed by atoms with Crippen molar-refractivity contribution < 1.29 is 14.4 Å². The molecule has 1 fully saturated rings. The van der Waals surface area contributed by atoms with Gasteiger partial charge in [-0.25, -0.2) is 0 Å². The number of hydrogen-bond donors (Lipinski definition) is 0. The number of thiophene rings is 1. The summed E-state index contributed by atoms with van der Waals surface area (Å²) in [6, 6.07) is 10.2. The van der Waals surface area contributed by atoms with Crippen LogP contribution in [0.15, 0.2) is 36.4 Å². The van der Waals surface area contributed by atoms with Crippen LogP contribution in [0.4, 0.5) is 0 Å². The molecule has 4 nitrogen and oxygen atoms in total. The van der Waals surface area contributed by atoms with Gasteiger partial charge in [0.25, 0.3) is 5.91 Å². The summed E-state index contributed by atoms with van der Waals surface area (Å²) in [6.07, 6.45) is 1.56. The molecule has 1 amide bonds. The normalized spacial score (nSPS) is 17.4. The van der Waals surface area contributed by atoms with Crippen LogP contribution in [0.5, 0.6) is 0 Å². The molecule has 130 valence electrons. The van der Waals surface area contributed by atoms with Crippen molar-refractivity contribution in [1.82, 2.24) is 4.90 Å². The van der Waals surface area contributed by atoms with Crippen molar-refractivity contribution in [2.75, 3.05) is 13.1 Å². The lowest BCUT2D eigenvalue weighted by Gasteiger charge is -2.31. The molecule has 1 aliphatic rings. The Morgan fingerprint density at radius 3 is 2.40 bits per heavy atom. The van der Waals surface area contributed by atoms with Crippen LogP contribution >= 0.6 is 22.9 Å². The number of ketones is 2. The molecule has 1 aliphatic heterocycles. The summed E-state index contributed by atoms with van der Waals surface area (Å²) in [5.74, 6) is -0.305. The first-order chi connectivity index (χ1) is 12.0. The lowest BCUT2D eigenvalue weighted by Crippen LogP contribution is -2.42. The van der Waals surface area contributed by atoms with E-state index in [2.05, 4.69) is 0 Å². The molecule has 6 heteroatoms. The highest BCUT2D eigenvalue weighted by molar-refractivity contribution is 7.15. The predicted molar refractivity (Wildman–Crippen MR) is 98.7 cm³/mol. The molecule has 25 heavy (non-hydrogen) atoms. The van der Waals surface area contributed by atoms with Gasteiger partial charge in [0.2, 0.25) is 0 Å². The van der Waals surface area contributed by atoms with E-state index in [-0.39, 0.29) is 23.4 Å². The van der Waals surface area contributed by atoms with E-state index in [0.29, 0.717) is 33.4 Å². The fourth-order valence-electron chi connectivity index (χ4n) is 3.02. The predicted octanol–water partition coefficient (Wildman–Crippen LogP) is 4.34. The number of hydrogen-bond acceptors (Lipinski definition) is 4. The van der Waals surface area contributed by atoms with Gasteiger partial charge in [0.15, 0.2) is 11.6 Å². The van der Waals surface area contributed by atoms with Crippen molar-refractivity contribution in [2.24, 2.45) is 5.92 Å². The van der Waals surface area contributed by atoms with Crippen LogP contribution in [0.25, 0.3) is 0 Å². The van der Waals surface area contributed by atoms with E-state index in [9.17, 15) is 14.4 Å². The Morgan fingerprint density at radius 2 is 1.76 bits per heavy atom. The molecule has 1 aromatic heterocycles. The van der Waals surface area contributed by atoms with E-state index in [1.54, 1.807) is 41.3 Å². The van der Waals surface area contributed by atoms with Gasteiger partial charge in [-0.3, -0.25) is 14.4 Å². The van der Waals surface area contributed by atoms with Crippen LogP contribution in [0.3, 0.4) is 0 Å². The number of nitrogens with zero attached hydrogens (tertiary/aromatic N) is 1. The fraction of sp³-hybridized carbons (Fsp3) is 0.316. The van der Waals surface area contributed by atoms with Crippen LogP contribution in [0.1, 0.15) is 49.5 Å². The smallest absolute Gasteiger partial charge is 0.263 e. The molecular formula is C19H18ClNO3S. The minimum atomic E-state index is -0.203. The van der Waals surface area contributed by atoms with Crippen LogP contribution in [0, 0.1) is 5.92 Å². The molecule has 0 unspecified atom stereocenters. The zero-order valence-electron chi connectivity index (χ0n) is 13.8. The highest BCUT2D eigenvalue weighted by Crippen LogP contribution is 2.25. The van der Waals surface area contributed by atoms with Gasteiger partial charge in [0, 0.05) is 29.6 Å².